The second-order valence-corrected chi connectivity index (χ2v) is 4.73. The summed E-state index contributed by atoms with van der Waals surface area (Å²) in [6.07, 6.45) is 3.04. The van der Waals surface area contributed by atoms with Gasteiger partial charge >= 0.3 is 11.9 Å². The average molecular weight is 295 g/mol. The summed E-state index contributed by atoms with van der Waals surface area (Å²) in [7, 11) is 1.29. The fourth-order valence-corrected chi connectivity index (χ4v) is 2.58. The molecule has 0 aliphatic carbocycles. The van der Waals surface area contributed by atoms with Gasteiger partial charge in [-0.2, -0.15) is 0 Å². The predicted octanol–water partition coefficient (Wildman–Crippen LogP) is 1.48. The number of carbonyl (C=O) groups excluding carboxylic acids is 2. The molecule has 2 N–H and O–H groups in total. The minimum absolute atomic E-state index is 0.108. The number of nitrogen functional groups attached to an aromatic ring is 1. The van der Waals surface area contributed by atoms with E-state index in [9.17, 15) is 9.59 Å². The average Bonchev–Trinajstić information content (AvgIpc) is 3.04. The molecule has 2 aromatic heterocycles. The molecular weight excluding hydrogens is 282 g/mol. The van der Waals surface area contributed by atoms with Gasteiger partial charge in [-0.15, -0.1) is 11.3 Å². The zero-order valence-electron chi connectivity index (χ0n) is 11.0. The Bertz CT molecular complexity index is 647. The van der Waals surface area contributed by atoms with Crippen LogP contribution in [0, 0.1) is 0 Å². The van der Waals surface area contributed by atoms with Crippen LogP contribution in [0.5, 0.6) is 0 Å². The molecule has 0 atom stereocenters. The van der Waals surface area contributed by atoms with Crippen LogP contribution in [0.1, 0.15) is 27.2 Å². The van der Waals surface area contributed by atoms with Crippen LogP contribution in [0.4, 0.5) is 5.69 Å². The molecule has 0 aromatic carbocycles. The lowest BCUT2D eigenvalue weighted by Gasteiger charge is -2.05. The van der Waals surface area contributed by atoms with E-state index in [0.717, 1.165) is 11.3 Å². The molecule has 2 aromatic rings. The second-order valence-electron chi connectivity index (χ2n) is 3.70. The highest BCUT2D eigenvalue weighted by atomic mass is 32.1. The number of nitrogens with two attached hydrogens (primary N) is 1. The topological polar surface area (TPSA) is 96.4 Å². The van der Waals surface area contributed by atoms with E-state index in [-0.39, 0.29) is 12.4 Å². The third-order valence-electron chi connectivity index (χ3n) is 2.44. The van der Waals surface area contributed by atoms with Gasteiger partial charge in [0.25, 0.3) is 0 Å². The van der Waals surface area contributed by atoms with Crippen LogP contribution in [-0.2, 0) is 9.47 Å². The highest BCUT2D eigenvalue weighted by Crippen LogP contribution is 2.30. The second kappa shape index (κ2) is 5.74. The lowest BCUT2D eigenvalue weighted by molar-refractivity contribution is 0.0509. The molecule has 7 nitrogen and oxygen atoms in total. The number of aromatic nitrogens is 2. The molecular formula is C12H13N3O4S. The van der Waals surface area contributed by atoms with Gasteiger partial charge in [0.1, 0.15) is 9.88 Å². The highest BCUT2D eigenvalue weighted by Gasteiger charge is 2.20. The van der Waals surface area contributed by atoms with E-state index in [2.05, 4.69) is 9.72 Å². The Balaban J connectivity index is 2.42. The molecule has 0 amide bonds. The number of hydrogen-bond donors (Lipinski definition) is 1. The molecule has 0 fully saturated rings. The Morgan fingerprint density at radius 1 is 1.45 bits per heavy atom. The molecule has 0 bridgehead atoms. The molecule has 2 rings (SSSR count). The van der Waals surface area contributed by atoms with Gasteiger partial charge in [0.2, 0.25) is 5.82 Å². The number of imidazole rings is 1. The van der Waals surface area contributed by atoms with Crippen molar-refractivity contribution in [1.29, 1.82) is 0 Å². The van der Waals surface area contributed by atoms with Crippen LogP contribution < -0.4 is 5.73 Å². The van der Waals surface area contributed by atoms with Gasteiger partial charge in [-0.1, -0.05) is 0 Å². The zero-order valence-corrected chi connectivity index (χ0v) is 11.8. The van der Waals surface area contributed by atoms with Crippen LogP contribution in [0.3, 0.4) is 0 Å². The number of ether oxygens (including phenoxy) is 2. The molecule has 0 saturated heterocycles. The normalized spacial score (nSPS) is 10.3. The monoisotopic (exact) mass is 295 g/mol. The third-order valence-corrected chi connectivity index (χ3v) is 3.57. The molecule has 20 heavy (non-hydrogen) atoms. The minimum atomic E-state index is -0.551. The van der Waals surface area contributed by atoms with Gasteiger partial charge in [0.05, 0.1) is 19.4 Å². The van der Waals surface area contributed by atoms with Gasteiger partial charge in [-0.05, 0) is 13.0 Å². The number of rotatable bonds is 4. The molecule has 8 heteroatoms. The van der Waals surface area contributed by atoms with Gasteiger partial charge in [-0.25, -0.2) is 14.6 Å². The summed E-state index contributed by atoms with van der Waals surface area (Å²) in [6, 6.07) is 1.50. The molecule has 0 unspecified atom stereocenters. The Morgan fingerprint density at radius 3 is 2.85 bits per heavy atom. The standard InChI is InChI=1S/C12H13N3O4S/c1-3-19-12(17)9-14-4-5-15(9)10-7(13)6-8(20-10)11(16)18-2/h4-6H,3,13H2,1-2H3. The lowest BCUT2D eigenvalue weighted by atomic mass is 10.4. The fraction of sp³-hybridized carbons (Fsp3) is 0.250. The van der Waals surface area contributed by atoms with Gasteiger partial charge in [-0.3, -0.25) is 4.57 Å². The van der Waals surface area contributed by atoms with E-state index < -0.39 is 11.9 Å². The van der Waals surface area contributed by atoms with Crippen molar-refractivity contribution < 1.29 is 19.1 Å². The maximum Gasteiger partial charge on any atom is 0.374 e. The van der Waals surface area contributed by atoms with Crippen LogP contribution in [0.2, 0.25) is 0 Å². The summed E-state index contributed by atoms with van der Waals surface area (Å²) in [5, 5.41) is 0.519. The van der Waals surface area contributed by atoms with E-state index in [4.69, 9.17) is 10.5 Å². The quantitative estimate of drug-likeness (QED) is 0.858. The first kappa shape index (κ1) is 14.1. The SMILES string of the molecule is CCOC(=O)c1nccn1-c1sc(C(=O)OC)cc1N. The van der Waals surface area contributed by atoms with E-state index in [1.807, 2.05) is 0 Å². The van der Waals surface area contributed by atoms with Crippen molar-refractivity contribution in [3.63, 3.8) is 0 Å². The Kier molecular flexibility index (Phi) is 4.04. The maximum atomic E-state index is 11.8. The number of methoxy groups -OCH3 is 1. The Labute approximate surface area is 118 Å². The maximum absolute atomic E-state index is 11.8. The van der Waals surface area contributed by atoms with E-state index >= 15 is 0 Å². The largest absolute Gasteiger partial charge is 0.465 e. The first-order chi connectivity index (χ1) is 9.58. The first-order valence-corrected chi connectivity index (χ1v) is 6.58. The summed E-state index contributed by atoms with van der Waals surface area (Å²) in [5.74, 6) is -0.924. The van der Waals surface area contributed by atoms with Crippen molar-refractivity contribution in [2.45, 2.75) is 6.92 Å². The van der Waals surface area contributed by atoms with Crippen LogP contribution in [0.25, 0.3) is 5.00 Å². The Morgan fingerprint density at radius 2 is 2.20 bits per heavy atom. The third kappa shape index (κ3) is 2.50. The van der Waals surface area contributed by atoms with E-state index in [0.29, 0.717) is 15.6 Å². The number of anilines is 1. The predicted molar refractivity (Wildman–Crippen MR) is 73.1 cm³/mol. The molecule has 0 radical (unpaired) electrons. The van der Waals surface area contributed by atoms with Crippen molar-refractivity contribution in [3.05, 3.63) is 29.2 Å². The fourth-order valence-electron chi connectivity index (χ4n) is 1.60. The number of nitrogens with zero attached hydrogens (tertiary/aromatic N) is 2. The van der Waals surface area contributed by atoms with Gasteiger partial charge in [0.15, 0.2) is 0 Å². The first-order valence-electron chi connectivity index (χ1n) is 5.77. The van der Waals surface area contributed by atoms with Crippen molar-refractivity contribution in [2.24, 2.45) is 0 Å². The van der Waals surface area contributed by atoms with Gasteiger partial charge in [0, 0.05) is 12.4 Å². The van der Waals surface area contributed by atoms with Crippen molar-refractivity contribution >= 4 is 29.0 Å². The van der Waals surface area contributed by atoms with E-state index in [1.165, 1.54) is 23.9 Å². The summed E-state index contributed by atoms with van der Waals surface area (Å²) >= 11 is 1.12. The van der Waals surface area contributed by atoms with Crippen molar-refractivity contribution in [2.75, 3.05) is 19.5 Å². The summed E-state index contributed by atoms with van der Waals surface area (Å²) in [5.41, 5.74) is 6.23. The van der Waals surface area contributed by atoms with Crippen LogP contribution >= 0.6 is 11.3 Å². The minimum Gasteiger partial charge on any atom is -0.465 e. The lowest BCUT2D eigenvalue weighted by Crippen LogP contribution is -2.12. The van der Waals surface area contributed by atoms with Gasteiger partial charge < -0.3 is 15.2 Å². The highest BCUT2D eigenvalue weighted by molar-refractivity contribution is 7.17. The van der Waals surface area contributed by atoms with Crippen LogP contribution in [0.15, 0.2) is 18.5 Å². The number of hydrogen-bond acceptors (Lipinski definition) is 7. The van der Waals surface area contributed by atoms with Crippen molar-refractivity contribution in [1.82, 2.24) is 9.55 Å². The summed E-state index contributed by atoms with van der Waals surface area (Å²) in [4.78, 5) is 27.6. The molecule has 106 valence electrons. The van der Waals surface area contributed by atoms with Crippen LogP contribution in [-0.4, -0.2) is 35.2 Å². The smallest absolute Gasteiger partial charge is 0.374 e. The number of carbonyl (C=O) groups is 2. The number of thiophene rings is 1. The summed E-state index contributed by atoms with van der Waals surface area (Å²) in [6.45, 7) is 1.96. The molecule has 0 spiro atoms. The molecule has 2 heterocycles. The molecule has 0 aliphatic heterocycles. The summed E-state index contributed by atoms with van der Waals surface area (Å²) < 4.78 is 11.0. The van der Waals surface area contributed by atoms with Crippen molar-refractivity contribution in [3.8, 4) is 5.00 Å². The number of esters is 2. The molecule has 0 aliphatic rings. The molecule has 0 saturated carbocycles. The Hall–Kier alpha value is -2.35. The zero-order chi connectivity index (χ0) is 14.7. The van der Waals surface area contributed by atoms with E-state index in [1.54, 1.807) is 13.1 Å².